The van der Waals surface area contributed by atoms with Crippen molar-refractivity contribution >= 4 is 29.2 Å². The lowest BCUT2D eigenvalue weighted by molar-refractivity contribution is 0.122. The van der Waals surface area contributed by atoms with Crippen LogP contribution in [0.3, 0.4) is 0 Å². The molecule has 3 aromatic rings. The van der Waals surface area contributed by atoms with Gasteiger partial charge in [-0.05, 0) is 68.6 Å². The number of pyridine rings is 1. The van der Waals surface area contributed by atoms with Crippen molar-refractivity contribution in [3.8, 4) is 22.9 Å². The molecule has 8 nitrogen and oxygen atoms in total. The maximum atomic E-state index is 9.64. The Balaban J connectivity index is 1.32. The summed E-state index contributed by atoms with van der Waals surface area (Å²) in [6, 6.07) is 9.52. The summed E-state index contributed by atoms with van der Waals surface area (Å²) in [6.45, 7) is 11.2. The number of halogens is 2. The lowest BCUT2D eigenvalue weighted by Crippen LogP contribution is -2.48. The van der Waals surface area contributed by atoms with Crippen molar-refractivity contribution in [1.82, 2.24) is 24.8 Å². The van der Waals surface area contributed by atoms with Crippen molar-refractivity contribution in [3.63, 3.8) is 0 Å². The molecule has 1 N–H and O–H groups in total. The predicted molar refractivity (Wildman–Crippen MR) is 156 cm³/mol. The van der Waals surface area contributed by atoms with Crippen molar-refractivity contribution < 1.29 is 9.84 Å². The summed E-state index contributed by atoms with van der Waals surface area (Å²) in [4.78, 5) is 20.8. The molecule has 2 aliphatic rings. The van der Waals surface area contributed by atoms with Crippen LogP contribution in [0, 0.1) is 5.92 Å². The number of likely N-dealkylation sites (tertiary alicyclic amines) is 1. The Hall–Kier alpha value is -2.49. The first kappa shape index (κ1) is 28.1. The van der Waals surface area contributed by atoms with Crippen LogP contribution in [0.1, 0.15) is 32.3 Å². The lowest BCUT2D eigenvalue weighted by Gasteiger charge is -2.35. The highest BCUT2D eigenvalue weighted by atomic mass is 35.5. The second kappa shape index (κ2) is 12.8. The van der Waals surface area contributed by atoms with E-state index in [9.17, 15) is 5.11 Å². The second-order valence-electron chi connectivity index (χ2n) is 10.8. The molecule has 1 atom stereocenters. The van der Waals surface area contributed by atoms with Crippen LogP contribution in [0.4, 0.5) is 5.95 Å². The molecule has 0 unspecified atom stereocenters. The zero-order valence-corrected chi connectivity index (χ0v) is 24.1. The summed E-state index contributed by atoms with van der Waals surface area (Å²) < 4.78 is 6.18. The van der Waals surface area contributed by atoms with Gasteiger partial charge in [0.1, 0.15) is 0 Å². The van der Waals surface area contributed by atoms with Crippen molar-refractivity contribution in [1.29, 1.82) is 0 Å². The van der Waals surface area contributed by atoms with Crippen LogP contribution in [0.15, 0.2) is 42.7 Å². The summed E-state index contributed by atoms with van der Waals surface area (Å²) in [5, 5.41) is 10.8. The van der Waals surface area contributed by atoms with E-state index in [4.69, 9.17) is 32.9 Å². The molecule has 0 radical (unpaired) electrons. The number of β-amino-alcohol motifs (C(OH)–C–C–N with tert-alkyl or cyclic N) is 1. The van der Waals surface area contributed by atoms with Gasteiger partial charge in [0, 0.05) is 60.9 Å². The van der Waals surface area contributed by atoms with Crippen LogP contribution in [0.2, 0.25) is 10.0 Å². The Morgan fingerprint density at radius 3 is 2.23 bits per heavy atom. The predicted octanol–water partition coefficient (Wildman–Crippen LogP) is 5.37. The third kappa shape index (κ3) is 7.80. The molecule has 0 aliphatic carbocycles. The highest BCUT2D eigenvalue weighted by molar-refractivity contribution is 6.35. The average Bonchev–Trinajstić information content (AvgIpc) is 2.90. The molecule has 0 bridgehead atoms. The van der Waals surface area contributed by atoms with E-state index < -0.39 is 0 Å². The van der Waals surface area contributed by atoms with E-state index in [-0.39, 0.29) is 6.10 Å². The van der Waals surface area contributed by atoms with E-state index in [2.05, 4.69) is 37.7 Å². The van der Waals surface area contributed by atoms with Crippen LogP contribution < -0.4 is 9.64 Å². The Labute approximate surface area is 240 Å². The minimum Gasteiger partial charge on any atom is -0.436 e. The molecular formula is C29H36Cl2N6O2. The molecule has 2 aromatic heterocycles. The standard InChI is InChI=1S/C29H36Cl2N6O2/c1-20-3-5-35(6-4-20)19-22-11-27(23-13-24(30)15-25(31)14-23)34-28(12-22)39-26-16-32-29(33-17-26)37-9-7-36(8-10-37)18-21(2)38/h11-17,20-21,38H,3-10,18-19H2,1-2H3/t21-/m1/s1. The van der Waals surface area contributed by atoms with Gasteiger partial charge in [0.15, 0.2) is 5.75 Å². The van der Waals surface area contributed by atoms with Crippen molar-refractivity contribution in [2.45, 2.75) is 39.3 Å². The van der Waals surface area contributed by atoms with Gasteiger partial charge < -0.3 is 14.7 Å². The highest BCUT2D eigenvalue weighted by Gasteiger charge is 2.20. The molecule has 2 saturated heterocycles. The third-order valence-electron chi connectivity index (χ3n) is 7.32. The number of ether oxygens (including phenoxy) is 1. The zero-order valence-electron chi connectivity index (χ0n) is 22.6. The second-order valence-corrected chi connectivity index (χ2v) is 11.6. The van der Waals surface area contributed by atoms with E-state index in [0.717, 1.165) is 68.6 Å². The van der Waals surface area contributed by atoms with Gasteiger partial charge in [0.05, 0.1) is 24.2 Å². The molecule has 5 rings (SSSR count). The molecule has 4 heterocycles. The molecule has 0 amide bonds. The number of aliphatic hydroxyl groups is 1. The van der Waals surface area contributed by atoms with E-state index in [1.165, 1.54) is 12.8 Å². The first-order valence-corrected chi connectivity index (χ1v) is 14.4. The summed E-state index contributed by atoms with van der Waals surface area (Å²) in [5.74, 6) is 2.46. The number of hydrogen-bond acceptors (Lipinski definition) is 8. The fraction of sp³-hybridized carbons (Fsp3) is 0.483. The molecule has 208 valence electrons. The van der Waals surface area contributed by atoms with E-state index in [1.807, 2.05) is 25.1 Å². The number of rotatable bonds is 8. The Morgan fingerprint density at radius 1 is 0.923 bits per heavy atom. The van der Waals surface area contributed by atoms with E-state index in [0.29, 0.717) is 34.2 Å². The van der Waals surface area contributed by atoms with Crippen molar-refractivity contribution in [2.75, 3.05) is 50.7 Å². The third-order valence-corrected chi connectivity index (χ3v) is 7.75. The minimum absolute atomic E-state index is 0.323. The zero-order chi connectivity index (χ0) is 27.4. The Bertz CT molecular complexity index is 1220. The highest BCUT2D eigenvalue weighted by Crippen LogP contribution is 2.31. The summed E-state index contributed by atoms with van der Waals surface area (Å²) in [6.07, 6.45) is 5.49. The largest absolute Gasteiger partial charge is 0.436 e. The first-order valence-electron chi connectivity index (χ1n) is 13.7. The summed E-state index contributed by atoms with van der Waals surface area (Å²) >= 11 is 12.6. The van der Waals surface area contributed by atoms with Gasteiger partial charge in [-0.1, -0.05) is 30.1 Å². The molecular weight excluding hydrogens is 535 g/mol. The molecule has 0 spiro atoms. The van der Waals surface area contributed by atoms with Gasteiger partial charge in [0.25, 0.3) is 0 Å². The normalized spacial score (nSPS) is 18.3. The van der Waals surface area contributed by atoms with Gasteiger partial charge in [0.2, 0.25) is 11.8 Å². The number of anilines is 1. The monoisotopic (exact) mass is 570 g/mol. The Morgan fingerprint density at radius 2 is 1.59 bits per heavy atom. The summed E-state index contributed by atoms with van der Waals surface area (Å²) in [7, 11) is 0. The number of aromatic nitrogens is 3. The molecule has 1 aromatic carbocycles. The fourth-order valence-corrected chi connectivity index (χ4v) is 5.71. The number of aliphatic hydroxyl groups excluding tert-OH is 1. The maximum Gasteiger partial charge on any atom is 0.225 e. The molecule has 10 heteroatoms. The first-order chi connectivity index (χ1) is 18.8. The average molecular weight is 572 g/mol. The molecule has 2 aliphatic heterocycles. The van der Waals surface area contributed by atoms with E-state index >= 15 is 0 Å². The van der Waals surface area contributed by atoms with Crippen LogP contribution in [-0.2, 0) is 6.54 Å². The number of piperidine rings is 1. The maximum absolute atomic E-state index is 9.64. The number of piperazine rings is 1. The molecule has 0 saturated carbocycles. The van der Waals surface area contributed by atoms with E-state index in [1.54, 1.807) is 18.5 Å². The fourth-order valence-electron chi connectivity index (χ4n) is 5.18. The van der Waals surface area contributed by atoms with Crippen molar-refractivity contribution in [3.05, 3.63) is 58.3 Å². The van der Waals surface area contributed by atoms with Gasteiger partial charge in [-0.25, -0.2) is 15.0 Å². The van der Waals surface area contributed by atoms with Crippen LogP contribution in [0.25, 0.3) is 11.3 Å². The van der Waals surface area contributed by atoms with Crippen LogP contribution in [-0.4, -0.2) is 81.8 Å². The number of nitrogens with zero attached hydrogens (tertiary/aromatic N) is 6. The van der Waals surface area contributed by atoms with Gasteiger partial charge in [-0.3, -0.25) is 9.80 Å². The smallest absolute Gasteiger partial charge is 0.225 e. The quantitative estimate of drug-likeness (QED) is 0.387. The SMILES string of the molecule is CC1CCN(Cc2cc(Oc3cnc(N4CCN(C[C@@H](C)O)CC4)nc3)nc(-c3cc(Cl)cc(Cl)c3)c2)CC1. The lowest BCUT2D eigenvalue weighted by atomic mass is 9.99. The Kier molecular flexibility index (Phi) is 9.20. The number of hydrogen-bond donors (Lipinski definition) is 1. The van der Waals surface area contributed by atoms with Gasteiger partial charge in [-0.15, -0.1) is 0 Å². The van der Waals surface area contributed by atoms with Gasteiger partial charge in [-0.2, -0.15) is 0 Å². The topological polar surface area (TPSA) is 77.9 Å². The molecule has 39 heavy (non-hydrogen) atoms. The number of benzene rings is 1. The van der Waals surface area contributed by atoms with Crippen molar-refractivity contribution in [2.24, 2.45) is 5.92 Å². The van der Waals surface area contributed by atoms with Gasteiger partial charge >= 0.3 is 0 Å². The molecule has 2 fully saturated rings. The summed E-state index contributed by atoms with van der Waals surface area (Å²) in [5.41, 5.74) is 2.71. The van der Waals surface area contributed by atoms with Crippen LogP contribution in [0.5, 0.6) is 11.6 Å². The minimum atomic E-state index is -0.323. The van der Waals surface area contributed by atoms with Crippen LogP contribution >= 0.6 is 23.2 Å².